The first-order valence-corrected chi connectivity index (χ1v) is 0.500. The second-order valence-corrected chi connectivity index (χ2v) is 0. The van der Waals surface area contributed by atoms with Crippen molar-refractivity contribution in [1.82, 2.24) is 0 Å². The topological polar surface area (TPSA) is 47.6 Å². The molecule has 0 aromatic carbocycles. The van der Waals surface area contributed by atoms with Crippen LogP contribution >= 0.6 is 0 Å². The van der Waals surface area contributed by atoms with Crippen LogP contribution in [0.25, 0.3) is 0 Å². The van der Waals surface area contributed by atoms with E-state index in [1.54, 1.807) is 0 Å². The molecule has 0 aromatic heterocycles. The molecule has 0 bridgehead atoms. The van der Waals surface area contributed by atoms with Crippen LogP contribution in [0.4, 0.5) is 0 Å². The summed E-state index contributed by atoms with van der Waals surface area (Å²) in [5, 5.41) is 10.0. The van der Waals surface area contributed by atoms with Crippen LogP contribution in [-0.2, 0) is 0 Å². The molecule has 0 radical (unpaired) electrons. The molecule has 0 aliphatic rings. The van der Waals surface area contributed by atoms with Gasteiger partial charge in [0.1, 0.15) is 0 Å². The molecule has 6 heavy (non-hydrogen) atoms. The predicted octanol–water partition coefficient (Wildman–Crippen LogP) is -9.30. The number of nitrogens with one attached hydrogen (secondary N) is 2. The molecule has 0 aliphatic heterocycles. The number of rotatable bonds is 0. The molecule has 0 heterocycles. The second kappa shape index (κ2) is 154. The summed E-state index contributed by atoms with van der Waals surface area (Å²) in [5.74, 6) is 0. The van der Waals surface area contributed by atoms with Crippen molar-refractivity contribution in [3.05, 3.63) is 13.1 Å². The molecule has 4 heteroatoms. The Labute approximate surface area is 81.7 Å². The van der Waals surface area contributed by atoms with Gasteiger partial charge in [-0.1, -0.05) is 0 Å². The fraction of sp³-hybridized carbons (Fsp3) is 0. The molecule has 0 atom stereocenters. The molecule has 0 aliphatic carbocycles. The van der Waals surface area contributed by atoms with E-state index in [-0.39, 0.29) is 59.1 Å². The smallest absolute Gasteiger partial charge is 0.335 e. The van der Waals surface area contributed by atoms with Crippen molar-refractivity contribution in [2.75, 3.05) is 0 Å². The van der Waals surface area contributed by atoms with Crippen molar-refractivity contribution in [2.24, 2.45) is 0 Å². The van der Waals surface area contributed by atoms with Crippen LogP contribution in [0.3, 0.4) is 0 Å². The van der Waals surface area contributed by atoms with E-state index in [0.29, 0.717) is 0 Å². The van der Waals surface area contributed by atoms with Gasteiger partial charge < -0.3 is 10.5 Å². The summed E-state index contributed by atoms with van der Waals surface area (Å²) in [6.07, 6.45) is 0. The fourth-order valence-corrected chi connectivity index (χ4v) is 0. The van der Waals surface area contributed by atoms with E-state index in [1.165, 1.54) is 0 Å². The van der Waals surface area contributed by atoms with Crippen molar-refractivity contribution in [1.29, 1.82) is 0 Å². The average molecular weight is 100 g/mol. The molecular weight excluding hydrogens is 98.0 g/mol. The summed E-state index contributed by atoms with van der Waals surface area (Å²) in [4.78, 5) is 0. The van der Waals surface area contributed by atoms with Crippen molar-refractivity contribution >= 4 is 0 Å². The maximum absolute atomic E-state index is 5.00. The average Bonchev–Trinajstić information content (AvgIpc) is 1.50. The minimum absolute atomic E-state index is 0. The van der Waals surface area contributed by atoms with E-state index in [0.717, 1.165) is 0 Å². The van der Waals surface area contributed by atoms with Gasteiger partial charge in [-0.25, -0.2) is 13.1 Å². The zero-order valence-corrected chi connectivity index (χ0v) is 8.00. The van der Waals surface area contributed by atoms with Gasteiger partial charge in [0.2, 0.25) is 0 Å². The Hall–Kier alpha value is 0.980. The molecule has 0 aromatic rings. The van der Waals surface area contributed by atoms with Crippen molar-refractivity contribution < 1.29 is 69.6 Å². The monoisotopic (exact) mass is 100 g/mol. The zero-order valence-electron chi connectivity index (χ0n) is 4.00. The Bertz CT molecular complexity index is 25.0. The van der Waals surface area contributed by atoms with Gasteiger partial charge in [-0.3, -0.25) is 0 Å². The third kappa shape index (κ3) is 82.1. The van der Waals surface area contributed by atoms with Gasteiger partial charge >= 0.3 is 59.1 Å². The standard InChI is InChI=1S/2CHN.2Na/c2*1-2;;/h2*2H;;/q;;2*+1. The Balaban J connectivity index is -0.00000000500. The minimum Gasteiger partial charge on any atom is -0.335 e. The molecule has 20 valence electrons. The molecule has 0 saturated carbocycles. The Morgan fingerprint density at radius 3 is 0.667 bits per heavy atom. The Morgan fingerprint density at radius 2 is 0.667 bits per heavy atom. The summed E-state index contributed by atoms with van der Waals surface area (Å²) in [7, 11) is 0. The van der Waals surface area contributed by atoms with Gasteiger partial charge in [0.05, 0.1) is 0 Å². The van der Waals surface area contributed by atoms with Crippen LogP contribution in [0.5, 0.6) is 0 Å². The van der Waals surface area contributed by atoms with E-state index in [1.807, 2.05) is 0 Å². The van der Waals surface area contributed by atoms with Gasteiger partial charge in [0, 0.05) is 0 Å². The molecular formula is C2H2N2Na2+2. The SMILES string of the molecule is [C-]#[NH+].[C-]#[NH+].[Na+].[Na+]. The van der Waals surface area contributed by atoms with Crippen molar-refractivity contribution in [2.45, 2.75) is 0 Å². The van der Waals surface area contributed by atoms with Gasteiger partial charge in [-0.15, -0.1) is 0 Å². The molecule has 0 rings (SSSR count). The summed E-state index contributed by atoms with van der Waals surface area (Å²) < 4.78 is 0. The normalized spacial score (nSPS) is 0.667. The third-order valence-electron chi connectivity index (χ3n) is 0. The van der Waals surface area contributed by atoms with Crippen LogP contribution in [0.15, 0.2) is 0 Å². The third-order valence-corrected chi connectivity index (χ3v) is 0. The van der Waals surface area contributed by atoms with Gasteiger partial charge in [-0.05, 0) is 0 Å². The van der Waals surface area contributed by atoms with Crippen molar-refractivity contribution in [3.8, 4) is 0 Å². The van der Waals surface area contributed by atoms with E-state index in [9.17, 15) is 0 Å². The maximum Gasteiger partial charge on any atom is 1.00 e. The molecule has 0 amide bonds. The summed E-state index contributed by atoms with van der Waals surface area (Å²) in [6, 6.07) is 0. The first-order chi connectivity index (χ1) is 2.00. The predicted molar refractivity (Wildman–Crippen MR) is 8.41 cm³/mol. The van der Waals surface area contributed by atoms with Gasteiger partial charge in [0.15, 0.2) is 0 Å². The quantitative estimate of drug-likeness (QED) is 0.224. The Kier molecular flexibility index (Phi) is 723. The maximum atomic E-state index is 5.00. The summed E-state index contributed by atoms with van der Waals surface area (Å²) in [5.41, 5.74) is 0. The second-order valence-electron chi connectivity index (χ2n) is 0. The first kappa shape index (κ1) is 28.1. The van der Waals surface area contributed by atoms with E-state index in [4.69, 9.17) is 23.7 Å². The first-order valence-electron chi connectivity index (χ1n) is 0.500. The molecule has 0 saturated heterocycles. The van der Waals surface area contributed by atoms with Crippen molar-refractivity contribution in [3.63, 3.8) is 0 Å². The largest absolute Gasteiger partial charge is 1.00 e. The van der Waals surface area contributed by atoms with Crippen LogP contribution in [0, 0.1) is 13.1 Å². The van der Waals surface area contributed by atoms with Gasteiger partial charge in [-0.2, -0.15) is 0 Å². The van der Waals surface area contributed by atoms with E-state index < -0.39 is 0 Å². The number of hydrogen-bond donors (Lipinski definition) is 2. The van der Waals surface area contributed by atoms with E-state index >= 15 is 0 Å². The Morgan fingerprint density at radius 1 is 0.667 bits per heavy atom. The molecule has 2 nitrogen and oxygen atoms in total. The van der Waals surface area contributed by atoms with Crippen LogP contribution in [-0.4, -0.2) is 0 Å². The fourth-order valence-electron chi connectivity index (χ4n) is 0. The summed E-state index contributed by atoms with van der Waals surface area (Å²) in [6.45, 7) is 10.0. The van der Waals surface area contributed by atoms with Gasteiger partial charge in [0.25, 0.3) is 0 Å². The molecule has 0 unspecified atom stereocenters. The zero-order chi connectivity index (χ0) is 4.00. The molecule has 0 spiro atoms. The number of hydrogen-bond acceptors (Lipinski definition) is 0. The van der Waals surface area contributed by atoms with Crippen LogP contribution < -0.4 is 69.6 Å². The van der Waals surface area contributed by atoms with E-state index in [2.05, 4.69) is 0 Å². The van der Waals surface area contributed by atoms with Crippen LogP contribution in [0.2, 0.25) is 0 Å². The molecule has 2 N–H and O–H groups in total. The summed E-state index contributed by atoms with van der Waals surface area (Å²) >= 11 is 0. The molecule has 0 fully saturated rings. The van der Waals surface area contributed by atoms with Crippen LogP contribution in [0.1, 0.15) is 0 Å². The minimum atomic E-state index is 0.